The van der Waals surface area contributed by atoms with E-state index in [4.69, 9.17) is 0 Å². The van der Waals surface area contributed by atoms with E-state index in [1.165, 1.54) is 5.56 Å². The van der Waals surface area contributed by atoms with Crippen LogP contribution in [0, 0.1) is 6.92 Å². The van der Waals surface area contributed by atoms with Crippen molar-refractivity contribution in [2.24, 2.45) is 0 Å². The number of carbonyl (C=O) groups is 3. The van der Waals surface area contributed by atoms with E-state index in [0.717, 1.165) is 24.0 Å². The first-order valence-electron chi connectivity index (χ1n) is 12.0. The minimum absolute atomic E-state index is 0.122. The predicted octanol–water partition coefficient (Wildman–Crippen LogP) is 2.72. The SMILES string of the molecule is Cc1ccc(CN2CCCn3nc(C(=O)NCCC(=O)NCCc4ccccc4)cc3C2=O)cc1. The van der Waals surface area contributed by atoms with Gasteiger partial charge in [-0.25, -0.2) is 0 Å². The van der Waals surface area contributed by atoms with Crippen LogP contribution in [0.1, 0.15) is 50.5 Å². The quantitative estimate of drug-likeness (QED) is 0.500. The second-order valence-corrected chi connectivity index (χ2v) is 8.80. The zero-order chi connectivity index (χ0) is 24.6. The summed E-state index contributed by atoms with van der Waals surface area (Å²) in [6.45, 7) is 4.51. The summed E-state index contributed by atoms with van der Waals surface area (Å²) in [7, 11) is 0. The molecular weight excluding hydrogens is 442 g/mol. The van der Waals surface area contributed by atoms with E-state index < -0.39 is 0 Å². The average Bonchev–Trinajstić information content (AvgIpc) is 3.23. The summed E-state index contributed by atoms with van der Waals surface area (Å²) in [5.74, 6) is -0.642. The topological polar surface area (TPSA) is 96.3 Å². The molecule has 2 N–H and O–H groups in total. The molecule has 0 radical (unpaired) electrons. The van der Waals surface area contributed by atoms with Crippen LogP contribution in [0.15, 0.2) is 60.7 Å². The van der Waals surface area contributed by atoms with Gasteiger partial charge in [-0.05, 0) is 30.9 Å². The van der Waals surface area contributed by atoms with Crippen molar-refractivity contribution in [3.63, 3.8) is 0 Å². The van der Waals surface area contributed by atoms with Gasteiger partial charge in [-0.2, -0.15) is 5.10 Å². The van der Waals surface area contributed by atoms with E-state index in [1.54, 1.807) is 15.6 Å². The second kappa shape index (κ2) is 11.5. The summed E-state index contributed by atoms with van der Waals surface area (Å²) < 4.78 is 1.61. The lowest BCUT2D eigenvalue weighted by Crippen LogP contribution is -2.32. The van der Waals surface area contributed by atoms with Crippen molar-refractivity contribution in [1.82, 2.24) is 25.3 Å². The fraction of sp³-hybridized carbons (Fsp3) is 0.333. The maximum Gasteiger partial charge on any atom is 0.272 e. The lowest BCUT2D eigenvalue weighted by Gasteiger charge is -2.20. The van der Waals surface area contributed by atoms with Crippen LogP contribution in [0.4, 0.5) is 0 Å². The van der Waals surface area contributed by atoms with E-state index in [1.807, 2.05) is 61.5 Å². The van der Waals surface area contributed by atoms with Crippen molar-refractivity contribution < 1.29 is 14.4 Å². The third kappa shape index (κ3) is 6.56. The average molecular weight is 474 g/mol. The molecular formula is C27H31N5O3. The Labute approximate surface area is 205 Å². The predicted molar refractivity (Wildman–Crippen MR) is 133 cm³/mol. The molecule has 0 atom stereocenters. The van der Waals surface area contributed by atoms with Crippen LogP contribution < -0.4 is 10.6 Å². The van der Waals surface area contributed by atoms with Crippen molar-refractivity contribution in [1.29, 1.82) is 0 Å². The Hall–Kier alpha value is -3.94. The summed E-state index contributed by atoms with van der Waals surface area (Å²) in [5.41, 5.74) is 4.01. The molecule has 35 heavy (non-hydrogen) atoms. The number of hydrogen-bond donors (Lipinski definition) is 2. The zero-order valence-corrected chi connectivity index (χ0v) is 20.0. The van der Waals surface area contributed by atoms with E-state index in [2.05, 4.69) is 15.7 Å². The number of fused-ring (bicyclic) bond motifs is 1. The lowest BCUT2D eigenvalue weighted by molar-refractivity contribution is -0.120. The number of nitrogens with zero attached hydrogens (tertiary/aromatic N) is 3. The first-order chi connectivity index (χ1) is 17.0. The van der Waals surface area contributed by atoms with Crippen LogP contribution in [0.2, 0.25) is 0 Å². The van der Waals surface area contributed by atoms with Gasteiger partial charge in [0.1, 0.15) is 5.69 Å². The number of aromatic nitrogens is 2. The summed E-state index contributed by atoms with van der Waals surface area (Å²) in [6, 6.07) is 19.6. The van der Waals surface area contributed by atoms with Crippen molar-refractivity contribution in [3.05, 3.63) is 88.7 Å². The standard InChI is InChI=1S/C27H31N5O3/c1-20-8-10-22(11-9-20)19-31-16-5-17-32-24(27(31)35)18-23(30-32)26(34)29-15-13-25(33)28-14-12-21-6-3-2-4-7-21/h2-4,6-11,18H,5,12-17,19H2,1H3,(H,28,33)(H,29,34). The van der Waals surface area contributed by atoms with E-state index in [-0.39, 0.29) is 36.4 Å². The van der Waals surface area contributed by atoms with Gasteiger partial charge in [0.2, 0.25) is 5.91 Å². The number of amides is 3. The third-order valence-electron chi connectivity index (χ3n) is 6.03. The molecule has 4 rings (SSSR count). The van der Waals surface area contributed by atoms with Gasteiger partial charge >= 0.3 is 0 Å². The normalized spacial score (nSPS) is 13.2. The van der Waals surface area contributed by atoms with Gasteiger partial charge in [0.25, 0.3) is 11.8 Å². The first kappa shape index (κ1) is 24.2. The maximum atomic E-state index is 13.1. The summed E-state index contributed by atoms with van der Waals surface area (Å²) in [4.78, 5) is 39.6. The van der Waals surface area contributed by atoms with E-state index in [9.17, 15) is 14.4 Å². The van der Waals surface area contributed by atoms with Gasteiger partial charge in [0.15, 0.2) is 5.69 Å². The Balaban J connectivity index is 1.26. The molecule has 1 aromatic heterocycles. The fourth-order valence-electron chi connectivity index (χ4n) is 4.07. The van der Waals surface area contributed by atoms with Crippen molar-refractivity contribution in [3.8, 4) is 0 Å². The van der Waals surface area contributed by atoms with E-state index in [0.29, 0.717) is 31.9 Å². The zero-order valence-electron chi connectivity index (χ0n) is 20.0. The van der Waals surface area contributed by atoms with Crippen molar-refractivity contribution in [2.75, 3.05) is 19.6 Å². The smallest absolute Gasteiger partial charge is 0.272 e. The van der Waals surface area contributed by atoms with Gasteiger partial charge in [0.05, 0.1) is 0 Å². The molecule has 0 aliphatic carbocycles. The molecule has 8 nitrogen and oxygen atoms in total. The van der Waals surface area contributed by atoms with Gasteiger partial charge < -0.3 is 15.5 Å². The number of nitrogens with one attached hydrogen (secondary N) is 2. The van der Waals surface area contributed by atoms with Crippen LogP contribution in [-0.2, 0) is 24.3 Å². The van der Waals surface area contributed by atoms with Crippen LogP contribution in [-0.4, -0.2) is 52.0 Å². The Kier molecular flexibility index (Phi) is 7.92. The van der Waals surface area contributed by atoms with Gasteiger partial charge in [-0.1, -0.05) is 60.2 Å². The molecule has 2 heterocycles. The fourth-order valence-corrected chi connectivity index (χ4v) is 4.07. The van der Waals surface area contributed by atoms with Gasteiger partial charge in [-0.3, -0.25) is 19.1 Å². The first-order valence-corrected chi connectivity index (χ1v) is 12.0. The molecule has 8 heteroatoms. The summed E-state index contributed by atoms with van der Waals surface area (Å²) in [5, 5.41) is 9.95. The number of aryl methyl sites for hydroxylation is 2. The molecule has 182 valence electrons. The Bertz CT molecular complexity index is 1170. The Morgan fingerprint density at radius 2 is 1.71 bits per heavy atom. The molecule has 1 aliphatic heterocycles. The van der Waals surface area contributed by atoms with Crippen LogP contribution in [0.25, 0.3) is 0 Å². The third-order valence-corrected chi connectivity index (χ3v) is 6.03. The minimum Gasteiger partial charge on any atom is -0.356 e. The van der Waals surface area contributed by atoms with Crippen LogP contribution in [0.5, 0.6) is 0 Å². The molecule has 0 saturated carbocycles. The number of hydrogen-bond acceptors (Lipinski definition) is 4. The molecule has 0 bridgehead atoms. The molecule has 3 aromatic rings. The van der Waals surface area contributed by atoms with Gasteiger partial charge in [0, 0.05) is 45.2 Å². The van der Waals surface area contributed by atoms with Crippen LogP contribution in [0.3, 0.4) is 0 Å². The highest BCUT2D eigenvalue weighted by molar-refractivity contribution is 5.98. The Morgan fingerprint density at radius 3 is 2.49 bits per heavy atom. The highest BCUT2D eigenvalue weighted by Crippen LogP contribution is 2.17. The number of rotatable bonds is 9. The number of carbonyl (C=O) groups excluding carboxylic acids is 3. The second-order valence-electron chi connectivity index (χ2n) is 8.80. The molecule has 0 fully saturated rings. The molecule has 0 saturated heterocycles. The maximum absolute atomic E-state index is 13.1. The highest BCUT2D eigenvalue weighted by Gasteiger charge is 2.26. The molecule has 1 aliphatic rings. The molecule has 2 aromatic carbocycles. The molecule has 0 unspecified atom stereocenters. The van der Waals surface area contributed by atoms with Crippen molar-refractivity contribution >= 4 is 17.7 Å². The highest BCUT2D eigenvalue weighted by atomic mass is 16.2. The summed E-state index contributed by atoms with van der Waals surface area (Å²) in [6.07, 6.45) is 1.70. The molecule has 0 spiro atoms. The Morgan fingerprint density at radius 1 is 0.943 bits per heavy atom. The van der Waals surface area contributed by atoms with Gasteiger partial charge in [-0.15, -0.1) is 0 Å². The van der Waals surface area contributed by atoms with Crippen LogP contribution >= 0.6 is 0 Å². The summed E-state index contributed by atoms with van der Waals surface area (Å²) >= 11 is 0. The number of benzene rings is 2. The lowest BCUT2D eigenvalue weighted by atomic mass is 10.1. The minimum atomic E-state index is -0.388. The van der Waals surface area contributed by atoms with Crippen molar-refractivity contribution in [2.45, 2.75) is 39.3 Å². The van der Waals surface area contributed by atoms with E-state index >= 15 is 0 Å². The monoisotopic (exact) mass is 473 g/mol. The largest absolute Gasteiger partial charge is 0.356 e. The molecule has 3 amide bonds.